The summed E-state index contributed by atoms with van der Waals surface area (Å²) in [6.07, 6.45) is 9.83. The number of halogens is 1. The van der Waals surface area contributed by atoms with E-state index in [1.54, 1.807) is 12.1 Å². The largest absolute Gasteiger partial charge is 0.366 e. The van der Waals surface area contributed by atoms with E-state index in [0.717, 1.165) is 12.8 Å². The van der Waals surface area contributed by atoms with Gasteiger partial charge in [0.05, 0.1) is 19.8 Å². The van der Waals surface area contributed by atoms with Crippen LogP contribution in [0.5, 0.6) is 0 Å². The zero-order valence-electron chi connectivity index (χ0n) is 15.8. The molecule has 0 unspecified atom stereocenters. The Kier molecular flexibility index (Phi) is 8.87. The first-order chi connectivity index (χ1) is 12.1. The van der Waals surface area contributed by atoms with Gasteiger partial charge in [0, 0.05) is 5.56 Å². The van der Waals surface area contributed by atoms with E-state index in [9.17, 15) is 4.39 Å². The lowest BCUT2D eigenvalue weighted by atomic mass is 10.1. The second-order valence-electron chi connectivity index (χ2n) is 7.29. The summed E-state index contributed by atoms with van der Waals surface area (Å²) in [6.45, 7) is 5.41. The van der Waals surface area contributed by atoms with Crippen molar-refractivity contribution < 1.29 is 18.6 Å². The third-order valence-electron chi connectivity index (χ3n) is 4.73. The Hall–Kier alpha value is -0.970. The van der Waals surface area contributed by atoms with Crippen LogP contribution in [0.4, 0.5) is 4.39 Å². The second kappa shape index (κ2) is 10.9. The third-order valence-corrected chi connectivity index (χ3v) is 4.73. The van der Waals surface area contributed by atoms with E-state index >= 15 is 0 Å². The maximum absolute atomic E-state index is 13.7. The zero-order valence-corrected chi connectivity index (χ0v) is 15.8. The maximum Gasteiger partial charge on any atom is 0.157 e. The van der Waals surface area contributed by atoms with Crippen molar-refractivity contribution >= 4 is 0 Å². The minimum atomic E-state index is -0.515. The number of hydrogen-bond acceptors (Lipinski definition) is 3. The van der Waals surface area contributed by atoms with Crippen molar-refractivity contribution in [3.8, 4) is 0 Å². The van der Waals surface area contributed by atoms with Crippen LogP contribution in [0, 0.1) is 5.82 Å². The molecule has 0 bridgehead atoms. The Morgan fingerprint density at radius 2 is 1.68 bits per heavy atom. The summed E-state index contributed by atoms with van der Waals surface area (Å²) >= 11 is 0. The number of unbranched alkanes of at least 4 members (excludes halogenated alkanes) is 6. The lowest BCUT2D eigenvalue weighted by molar-refractivity contribution is -0.264. The highest BCUT2D eigenvalue weighted by Crippen LogP contribution is 2.24. The Balaban J connectivity index is 1.59. The molecular formula is C21H33FO3. The fraction of sp³-hybridized carbons (Fsp3) is 0.714. The SMILES string of the molecule is CCCCCCCCCC1OCC(C)(OCc2ccccc2F)CO1. The molecule has 1 saturated heterocycles. The van der Waals surface area contributed by atoms with E-state index in [2.05, 4.69) is 6.92 Å². The Labute approximate surface area is 151 Å². The van der Waals surface area contributed by atoms with Gasteiger partial charge < -0.3 is 14.2 Å². The average Bonchev–Trinajstić information content (AvgIpc) is 2.62. The first kappa shape index (κ1) is 20.3. The quantitative estimate of drug-likeness (QED) is 0.484. The van der Waals surface area contributed by atoms with Crippen LogP contribution in [0.15, 0.2) is 24.3 Å². The topological polar surface area (TPSA) is 27.7 Å². The van der Waals surface area contributed by atoms with Crippen LogP contribution >= 0.6 is 0 Å². The highest BCUT2D eigenvalue weighted by molar-refractivity contribution is 5.16. The van der Waals surface area contributed by atoms with E-state index in [4.69, 9.17) is 14.2 Å². The molecule has 1 aliphatic rings. The van der Waals surface area contributed by atoms with Gasteiger partial charge in [-0.05, 0) is 25.8 Å². The molecule has 0 radical (unpaired) electrons. The Morgan fingerprint density at radius 3 is 2.36 bits per heavy atom. The molecule has 25 heavy (non-hydrogen) atoms. The van der Waals surface area contributed by atoms with Crippen molar-refractivity contribution in [3.63, 3.8) is 0 Å². The summed E-state index contributed by atoms with van der Waals surface area (Å²) in [5.74, 6) is -0.236. The first-order valence-corrected chi connectivity index (χ1v) is 9.73. The van der Waals surface area contributed by atoms with Gasteiger partial charge in [0.15, 0.2) is 6.29 Å². The molecule has 0 N–H and O–H groups in total. The van der Waals surface area contributed by atoms with Gasteiger partial charge in [-0.25, -0.2) is 4.39 Å². The molecule has 1 aromatic carbocycles. The molecule has 4 heteroatoms. The molecule has 0 aromatic heterocycles. The highest BCUT2D eigenvalue weighted by atomic mass is 19.1. The van der Waals surface area contributed by atoms with Gasteiger partial charge in [-0.2, -0.15) is 0 Å². The van der Waals surface area contributed by atoms with Gasteiger partial charge in [0.1, 0.15) is 11.4 Å². The minimum absolute atomic E-state index is 0.124. The van der Waals surface area contributed by atoms with Gasteiger partial charge >= 0.3 is 0 Å². The van der Waals surface area contributed by atoms with E-state index in [0.29, 0.717) is 18.8 Å². The van der Waals surface area contributed by atoms with E-state index in [1.807, 2.05) is 13.0 Å². The van der Waals surface area contributed by atoms with Crippen molar-refractivity contribution in [3.05, 3.63) is 35.6 Å². The van der Waals surface area contributed by atoms with Crippen molar-refractivity contribution in [2.75, 3.05) is 13.2 Å². The molecule has 0 atom stereocenters. The van der Waals surface area contributed by atoms with E-state index in [1.165, 1.54) is 44.6 Å². The first-order valence-electron chi connectivity index (χ1n) is 9.73. The summed E-state index contributed by atoms with van der Waals surface area (Å²) in [6, 6.07) is 6.69. The average molecular weight is 352 g/mol. The van der Waals surface area contributed by atoms with Gasteiger partial charge in [-0.1, -0.05) is 63.6 Å². The second-order valence-corrected chi connectivity index (χ2v) is 7.29. The summed E-state index contributed by atoms with van der Waals surface area (Å²) in [4.78, 5) is 0. The number of ether oxygens (including phenoxy) is 3. The van der Waals surface area contributed by atoms with Crippen molar-refractivity contribution in [2.24, 2.45) is 0 Å². The minimum Gasteiger partial charge on any atom is -0.366 e. The fourth-order valence-corrected chi connectivity index (χ4v) is 3.01. The standard InChI is InChI=1S/C21H33FO3/c1-3-4-5-6-7-8-9-14-20-23-16-21(2,17-24-20)25-15-18-12-10-11-13-19(18)22/h10-13,20H,3-9,14-17H2,1-2H3. The van der Waals surface area contributed by atoms with Crippen LogP contribution in [0.3, 0.4) is 0 Å². The van der Waals surface area contributed by atoms with Crippen molar-refractivity contribution in [1.29, 1.82) is 0 Å². The van der Waals surface area contributed by atoms with Gasteiger partial charge in [-0.15, -0.1) is 0 Å². The van der Waals surface area contributed by atoms with Crippen molar-refractivity contribution in [2.45, 2.75) is 83.7 Å². The number of hydrogen-bond donors (Lipinski definition) is 0. The molecule has 1 aromatic rings. The molecule has 1 fully saturated rings. The summed E-state index contributed by atoms with van der Waals surface area (Å²) in [7, 11) is 0. The number of benzene rings is 1. The molecular weight excluding hydrogens is 319 g/mol. The maximum atomic E-state index is 13.7. The zero-order chi connectivity index (χ0) is 18.0. The summed E-state index contributed by atoms with van der Waals surface area (Å²) in [5, 5.41) is 0. The summed E-state index contributed by atoms with van der Waals surface area (Å²) in [5.41, 5.74) is 0.0489. The molecule has 0 spiro atoms. The van der Waals surface area contributed by atoms with Crippen LogP contribution in [0.2, 0.25) is 0 Å². The lowest BCUT2D eigenvalue weighted by Gasteiger charge is -2.37. The van der Waals surface area contributed by atoms with Crippen molar-refractivity contribution in [1.82, 2.24) is 0 Å². The molecule has 1 heterocycles. The predicted molar refractivity (Wildman–Crippen MR) is 97.9 cm³/mol. The molecule has 2 rings (SSSR count). The van der Waals surface area contributed by atoms with Crippen LogP contribution < -0.4 is 0 Å². The molecule has 0 saturated carbocycles. The Bertz CT molecular complexity index is 484. The smallest absolute Gasteiger partial charge is 0.157 e. The molecule has 3 nitrogen and oxygen atoms in total. The van der Waals surface area contributed by atoms with E-state index in [-0.39, 0.29) is 18.7 Å². The summed E-state index contributed by atoms with van der Waals surface area (Å²) < 4.78 is 31.2. The molecule has 0 aliphatic carbocycles. The Morgan fingerprint density at radius 1 is 1.04 bits per heavy atom. The molecule has 0 amide bonds. The van der Waals surface area contributed by atoms with E-state index < -0.39 is 5.60 Å². The van der Waals surface area contributed by atoms with Gasteiger partial charge in [0.25, 0.3) is 0 Å². The van der Waals surface area contributed by atoms with Crippen LogP contribution in [0.1, 0.15) is 70.8 Å². The lowest BCUT2D eigenvalue weighted by Crippen LogP contribution is -2.47. The molecule has 142 valence electrons. The van der Waals surface area contributed by atoms with Gasteiger partial charge in [-0.3, -0.25) is 0 Å². The highest BCUT2D eigenvalue weighted by Gasteiger charge is 2.33. The fourth-order valence-electron chi connectivity index (χ4n) is 3.01. The molecule has 1 aliphatic heterocycles. The van der Waals surface area contributed by atoms with Crippen LogP contribution in [-0.2, 0) is 20.8 Å². The van der Waals surface area contributed by atoms with Gasteiger partial charge in [0.2, 0.25) is 0 Å². The monoisotopic (exact) mass is 352 g/mol. The van der Waals surface area contributed by atoms with Crippen LogP contribution in [0.25, 0.3) is 0 Å². The normalized spacial score (nSPS) is 23.7. The van der Waals surface area contributed by atoms with Crippen LogP contribution in [-0.4, -0.2) is 25.1 Å². The third kappa shape index (κ3) is 7.43. The predicted octanol–water partition coefficient (Wildman–Crippen LogP) is 5.61. The number of rotatable bonds is 11.